The predicted octanol–water partition coefficient (Wildman–Crippen LogP) is 3.44. The van der Waals surface area contributed by atoms with Gasteiger partial charge >= 0.3 is 0 Å². The molecule has 0 atom stereocenters. The zero-order valence-electron chi connectivity index (χ0n) is 13.9. The second kappa shape index (κ2) is 10.5. The third kappa shape index (κ3) is 6.61. The Morgan fingerprint density at radius 3 is 2.62 bits per heavy atom. The lowest BCUT2D eigenvalue weighted by Crippen LogP contribution is -2.20. The van der Waals surface area contributed by atoms with Crippen molar-refractivity contribution in [1.82, 2.24) is 5.32 Å². The molecule has 0 aromatic heterocycles. The number of halogens is 1. The van der Waals surface area contributed by atoms with Crippen LogP contribution in [-0.2, 0) is 17.9 Å². The van der Waals surface area contributed by atoms with Crippen molar-refractivity contribution in [3.05, 3.63) is 63.6 Å². The van der Waals surface area contributed by atoms with Crippen LogP contribution in [0.2, 0.25) is 0 Å². The maximum absolute atomic E-state index is 8.67. The van der Waals surface area contributed by atoms with Gasteiger partial charge in [-0.25, -0.2) is 0 Å². The van der Waals surface area contributed by atoms with E-state index >= 15 is 0 Å². The second-order valence-electron chi connectivity index (χ2n) is 5.54. The van der Waals surface area contributed by atoms with Gasteiger partial charge in [0.05, 0.1) is 19.8 Å². The number of aliphatic hydroxyl groups is 1. The van der Waals surface area contributed by atoms with E-state index in [-0.39, 0.29) is 6.61 Å². The van der Waals surface area contributed by atoms with E-state index in [0.29, 0.717) is 26.4 Å². The number of nitrogens with one attached hydrogen (secondary N) is 1. The van der Waals surface area contributed by atoms with Crippen LogP contribution in [-0.4, -0.2) is 31.5 Å². The molecule has 5 heteroatoms. The van der Waals surface area contributed by atoms with Crippen molar-refractivity contribution < 1.29 is 14.6 Å². The number of benzene rings is 2. The Morgan fingerprint density at radius 1 is 1.08 bits per heavy atom. The number of hydrogen-bond donors (Lipinski definition) is 2. The minimum absolute atomic E-state index is 0.0582. The zero-order chi connectivity index (χ0) is 17.2. The van der Waals surface area contributed by atoms with Crippen molar-refractivity contribution in [3.63, 3.8) is 0 Å². The smallest absolute Gasteiger partial charge is 0.124 e. The minimum Gasteiger partial charge on any atom is -0.489 e. The molecule has 0 amide bonds. The molecule has 0 unspecified atom stereocenters. The van der Waals surface area contributed by atoms with Crippen LogP contribution < -0.4 is 10.1 Å². The van der Waals surface area contributed by atoms with E-state index in [4.69, 9.17) is 14.6 Å². The molecule has 0 saturated carbocycles. The molecule has 2 N–H and O–H groups in total. The van der Waals surface area contributed by atoms with Crippen molar-refractivity contribution in [2.75, 3.05) is 26.4 Å². The van der Waals surface area contributed by atoms with Gasteiger partial charge in [-0.05, 0) is 30.7 Å². The molecule has 130 valence electrons. The molecule has 0 heterocycles. The van der Waals surface area contributed by atoms with Crippen LogP contribution in [0.5, 0.6) is 5.75 Å². The first-order valence-electron chi connectivity index (χ1n) is 8.05. The summed E-state index contributed by atoms with van der Waals surface area (Å²) < 4.78 is 12.3. The Morgan fingerprint density at radius 2 is 1.88 bits per heavy atom. The molecule has 2 rings (SSSR count). The van der Waals surface area contributed by atoms with Gasteiger partial charge in [-0.3, -0.25) is 0 Å². The maximum Gasteiger partial charge on any atom is 0.124 e. The Hall–Kier alpha value is -1.40. The monoisotopic (exact) mass is 393 g/mol. The molecule has 0 saturated heterocycles. The van der Waals surface area contributed by atoms with Crippen LogP contribution in [0.25, 0.3) is 0 Å². The number of aryl methyl sites for hydroxylation is 1. The van der Waals surface area contributed by atoms with E-state index in [1.54, 1.807) is 0 Å². The van der Waals surface area contributed by atoms with E-state index in [9.17, 15) is 0 Å². The Kier molecular flexibility index (Phi) is 8.25. The van der Waals surface area contributed by atoms with Gasteiger partial charge in [0.25, 0.3) is 0 Å². The number of aliphatic hydroxyl groups excluding tert-OH is 1. The van der Waals surface area contributed by atoms with E-state index < -0.39 is 0 Å². The lowest BCUT2D eigenvalue weighted by atomic mass is 10.1. The summed E-state index contributed by atoms with van der Waals surface area (Å²) in [5.41, 5.74) is 3.49. The summed E-state index contributed by atoms with van der Waals surface area (Å²) in [5.74, 6) is 0.877. The molecule has 0 fully saturated rings. The molecule has 0 bridgehead atoms. The van der Waals surface area contributed by atoms with Crippen LogP contribution in [0.1, 0.15) is 16.7 Å². The fourth-order valence-electron chi connectivity index (χ4n) is 2.21. The quantitative estimate of drug-likeness (QED) is 0.607. The second-order valence-corrected chi connectivity index (χ2v) is 6.45. The van der Waals surface area contributed by atoms with Crippen molar-refractivity contribution in [1.29, 1.82) is 0 Å². The van der Waals surface area contributed by atoms with E-state index in [1.165, 1.54) is 5.56 Å². The molecular formula is C19H24BrNO3. The van der Waals surface area contributed by atoms with Crippen molar-refractivity contribution in [2.45, 2.75) is 20.1 Å². The van der Waals surface area contributed by atoms with Gasteiger partial charge < -0.3 is 19.9 Å². The number of ether oxygens (including phenoxy) is 2. The van der Waals surface area contributed by atoms with Crippen molar-refractivity contribution >= 4 is 15.9 Å². The predicted molar refractivity (Wildman–Crippen MR) is 99.3 cm³/mol. The first-order valence-corrected chi connectivity index (χ1v) is 8.84. The first-order chi connectivity index (χ1) is 11.7. The fraction of sp³-hybridized carbons (Fsp3) is 0.368. The van der Waals surface area contributed by atoms with Gasteiger partial charge in [-0.15, -0.1) is 0 Å². The summed E-state index contributed by atoms with van der Waals surface area (Å²) in [6.45, 7) is 5.07. The average molecular weight is 394 g/mol. The third-order valence-corrected chi connectivity index (χ3v) is 4.00. The summed E-state index contributed by atoms with van der Waals surface area (Å²) in [5, 5.41) is 12.0. The largest absolute Gasteiger partial charge is 0.489 e. The Balaban J connectivity index is 1.88. The van der Waals surface area contributed by atoms with Crippen LogP contribution >= 0.6 is 15.9 Å². The summed E-state index contributed by atoms with van der Waals surface area (Å²) in [4.78, 5) is 0. The van der Waals surface area contributed by atoms with Crippen LogP contribution in [0.4, 0.5) is 0 Å². The van der Waals surface area contributed by atoms with Gasteiger partial charge in [-0.1, -0.05) is 45.8 Å². The summed E-state index contributed by atoms with van der Waals surface area (Å²) >= 11 is 3.51. The molecule has 0 spiro atoms. The Labute approximate surface area is 151 Å². The maximum atomic E-state index is 8.67. The normalized spacial score (nSPS) is 10.8. The number of rotatable bonds is 10. The highest BCUT2D eigenvalue weighted by molar-refractivity contribution is 9.10. The van der Waals surface area contributed by atoms with Gasteiger partial charge in [0.15, 0.2) is 0 Å². The third-order valence-electron chi connectivity index (χ3n) is 3.51. The first kappa shape index (κ1) is 18.9. The standard InChI is InChI=1S/C19H24BrNO3/c1-15-2-4-16(5-3-15)14-24-19-7-6-18(20)12-17(19)13-21-8-10-23-11-9-22/h2-7,12,21-22H,8-11,13-14H2,1H3. The lowest BCUT2D eigenvalue weighted by molar-refractivity contribution is 0.0937. The van der Waals surface area contributed by atoms with Gasteiger partial charge in [0, 0.05) is 23.1 Å². The average Bonchev–Trinajstić information content (AvgIpc) is 2.58. The van der Waals surface area contributed by atoms with Crippen LogP contribution in [0.3, 0.4) is 0 Å². The Bertz CT molecular complexity index is 617. The molecule has 0 aliphatic carbocycles. The lowest BCUT2D eigenvalue weighted by Gasteiger charge is -2.13. The summed E-state index contributed by atoms with van der Waals surface area (Å²) in [7, 11) is 0. The minimum atomic E-state index is 0.0582. The SMILES string of the molecule is Cc1ccc(COc2ccc(Br)cc2CNCCOCCO)cc1. The molecule has 2 aromatic carbocycles. The highest BCUT2D eigenvalue weighted by Crippen LogP contribution is 2.24. The summed E-state index contributed by atoms with van der Waals surface area (Å²) in [6.07, 6.45) is 0. The molecule has 0 aliphatic heterocycles. The number of hydrogen-bond acceptors (Lipinski definition) is 4. The highest BCUT2D eigenvalue weighted by atomic mass is 79.9. The molecule has 0 radical (unpaired) electrons. The highest BCUT2D eigenvalue weighted by Gasteiger charge is 2.05. The van der Waals surface area contributed by atoms with Crippen LogP contribution in [0.15, 0.2) is 46.9 Å². The molecule has 24 heavy (non-hydrogen) atoms. The van der Waals surface area contributed by atoms with E-state index in [2.05, 4.69) is 58.5 Å². The topological polar surface area (TPSA) is 50.7 Å². The fourth-order valence-corrected chi connectivity index (χ4v) is 2.61. The van der Waals surface area contributed by atoms with Crippen molar-refractivity contribution in [2.24, 2.45) is 0 Å². The van der Waals surface area contributed by atoms with Crippen LogP contribution in [0, 0.1) is 6.92 Å². The molecule has 2 aromatic rings. The van der Waals surface area contributed by atoms with E-state index in [1.807, 2.05) is 12.1 Å². The van der Waals surface area contributed by atoms with Gasteiger partial charge in [0.2, 0.25) is 0 Å². The van der Waals surface area contributed by atoms with Gasteiger partial charge in [0.1, 0.15) is 12.4 Å². The summed E-state index contributed by atoms with van der Waals surface area (Å²) in [6, 6.07) is 14.4. The van der Waals surface area contributed by atoms with Crippen molar-refractivity contribution in [3.8, 4) is 5.75 Å². The molecule has 0 aliphatic rings. The van der Waals surface area contributed by atoms with E-state index in [0.717, 1.165) is 27.9 Å². The molecular weight excluding hydrogens is 370 g/mol. The van der Waals surface area contributed by atoms with Gasteiger partial charge in [-0.2, -0.15) is 0 Å². The molecule has 4 nitrogen and oxygen atoms in total. The zero-order valence-corrected chi connectivity index (χ0v) is 15.5.